The van der Waals surface area contributed by atoms with Crippen LogP contribution in [0.25, 0.3) is 0 Å². The molecule has 1 saturated heterocycles. The first-order valence-electron chi connectivity index (χ1n) is 10.9. The number of nitrogens with one attached hydrogen (secondary N) is 1. The van der Waals surface area contributed by atoms with Crippen LogP contribution in [0.4, 0.5) is 4.39 Å². The van der Waals surface area contributed by atoms with Gasteiger partial charge in [-0.3, -0.25) is 4.79 Å². The average Bonchev–Trinajstić information content (AvgIpc) is 3.20. The van der Waals surface area contributed by atoms with Gasteiger partial charge in [-0.05, 0) is 50.4 Å². The molecule has 1 aliphatic rings. The summed E-state index contributed by atoms with van der Waals surface area (Å²) < 4.78 is 43.9. The third-order valence-corrected chi connectivity index (χ3v) is 7.18. The summed E-state index contributed by atoms with van der Waals surface area (Å²) in [4.78, 5) is 14.8. The van der Waals surface area contributed by atoms with Crippen LogP contribution in [0.5, 0.6) is 0 Å². The van der Waals surface area contributed by atoms with Crippen molar-refractivity contribution in [2.75, 3.05) is 19.6 Å². The number of hydrogen-bond acceptors (Lipinski definition) is 5. The van der Waals surface area contributed by atoms with E-state index in [1.807, 2.05) is 0 Å². The highest BCUT2D eigenvalue weighted by molar-refractivity contribution is 7.89. The Bertz CT molecular complexity index is 973. The molecule has 1 aromatic heterocycles. The van der Waals surface area contributed by atoms with Crippen molar-refractivity contribution in [3.05, 3.63) is 59.3 Å². The fraction of sp³-hybridized carbons (Fsp3) is 0.522. The van der Waals surface area contributed by atoms with Crippen molar-refractivity contribution in [1.82, 2.24) is 10.2 Å². The number of nitrogens with zero attached hydrogens (tertiary/aromatic N) is 1. The highest BCUT2D eigenvalue weighted by Gasteiger charge is 2.21. The van der Waals surface area contributed by atoms with E-state index < -0.39 is 21.4 Å². The van der Waals surface area contributed by atoms with Gasteiger partial charge in [0, 0.05) is 24.7 Å². The van der Waals surface area contributed by atoms with Crippen molar-refractivity contribution in [1.29, 1.82) is 0 Å². The van der Waals surface area contributed by atoms with Crippen LogP contribution in [0, 0.1) is 5.82 Å². The number of carbonyl (C=O) groups is 1. The zero-order chi connectivity index (χ0) is 22.3. The van der Waals surface area contributed by atoms with Gasteiger partial charge in [0.15, 0.2) is 15.6 Å². The number of furan rings is 1. The largest absolute Gasteiger partial charge is 0.455 e. The molecule has 170 valence electrons. The summed E-state index contributed by atoms with van der Waals surface area (Å²) in [5, 5.41) is 2.84. The molecule has 0 saturated carbocycles. The Kier molecular flexibility index (Phi) is 8.26. The number of carbonyl (C=O) groups excluding carboxylic acids is 1. The number of benzene rings is 1. The second-order valence-electron chi connectivity index (χ2n) is 8.09. The van der Waals surface area contributed by atoms with Crippen LogP contribution in [0.15, 0.2) is 40.8 Å². The SMILES string of the molecule is CC[C@H]1CCCCN1CCCNC(=O)c1ccc(CS(=O)(=O)Cc2ccccc2F)o1. The Morgan fingerprint density at radius 3 is 2.77 bits per heavy atom. The third kappa shape index (κ3) is 6.90. The number of likely N-dealkylation sites (tertiary alicyclic amines) is 1. The van der Waals surface area contributed by atoms with Crippen molar-refractivity contribution in [2.24, 2.45) is 0 Å². The normalized spacial score (nSPS) is 17.5. The van der Waals surface area contributed by atoms with Crippen LogP contribution in [0.1, 0.15) is 60.9 Å². The fourth-order valence-corrected chi connectivity index (χ4v) is 5.48. The van der Waals surface area contributed by atoms with Gasteiger partial charge < -0.3 is 14.6 Å². The van der Waals surface area contributed by atoms with Gasteiger partial charge in [0.2, 0.25) is 0 Å². The maximum absolute atomic E-state index is 13.7. The first-order valence-corrected chi connectivity index (χ1v) is 12.7. The summed E-state index contributed by atoms with van der Waals surface area (Å²) in [6.45, 7) is 4.83. The molecule has 31 heavy (non-hydrogen) atoms. The number of amides is 1. The molecule has 1 amide bonds. The summed E-state index contributed by atoms with van der Waals surface area (Å²) >= 11 is 0. The molecule has 0 unspecified atom stereocenters. The molecule has 6 nitrogen and oxygen atoms in total. The second-order valence-corrected chi connectivity index (χ2v) is 10.2. The Morgan fingerprint density at radius 2 is 2.00 bits per heavy atom. The van der Waals surface area contributed by atoms with Crippen LogP contribution in [0.2, 0.25) is 0 Å². The maximum atomic E-state index is 13.7. The van der Waals surface area contributed by atoms with E-state index in [1.54, 1.807) is 6.07 Å². The lowest BCUT2D eigenvalue weighted by Crippen LogP contribution is -2.40. The highest BCUT2D eigenvalue weighted by Crippen LogP contribution is 2.19. The summed E-state index contributed by atoms with van der Waals surface area (Å²) in [6.07, 6.45) is 5.78. The molecule has 1 fully saturated rings. The molecule has 1 aliphatic heterocycles. The zero-order valence-electron chi connectivity index (χ0n) is 18.0. The first-order chi connectivity index (χ1) is 14.9. The van der Waals surface area contributed by atoms with Gasteiger partial charge in [-0.25, -0.2) is 12.8 Å². The molecule has 0 bridgehead atoms. The minimum atomic E-state index is -3.63. The Morgan fingerprint density at radius 1 is 1.19 bits per heavy atom. The van der Waals surface area contributed by atoms with Crippen LogP contribution in [-0.4, -0.2) is 44.9 Å². The van der Waals surface area contributed by atoms with Gasteiger partial charge in [0.1, 0.15) is 17.3 Å². The topological polar surface area (TPSA) is 79.6 Å². The second kappa shape index (κ2) is 10.9. The molecular formula is C23H31FN2O4S. The average molecular weight is 451 g/mol. The minimum absolute atomic E-state index is 0.0838. The molecule has 3 rings (SSSR count). The van der Waals surface area contributed by atoms with Gasteiger partial charge in [-0.2, -0.15) is 0 Å². The van der Waals surface area contributed by atoms with E-state index in [2.05, 4.69) is 17.1 Å². The highest BCUT2D eigenvalue weighted by atomic mass is 32.2. The number of rotatable bonds is 10. The quantitative estimate of drug-likeness (QED) is 0.555. The van der Waals surface area contributed by atoms with E-state index in [9.17, 15) is 17.6 Å². The lowest BCUT2D eigenvalue weighted by atomic mass is 10.00. The smallest absolute Gasteiger partial charge is 0.286 e. The zero-order valence-corrected chi connectivity index (χ0v) is 18.8. The summed E-state index contributed by atoms with van der Waals surface area (Å²) in [7, 11) is -3.63. The summed E-state index contributed by atoms with van der Waals surface area (Å²) in [5.41, 5.74) is 0.117. The summed E-state index contributed by atoms with van der Waals surface area (Å²) in [6, 6.07) is 9.38. The van der Waals surface area contributed by atoms with Gasteiger partial charge in [-0.15, -0.1) is 0 Å². The van der Waals surface area contributed by atoms with Crippen LogP contribution in [-0.2, 0) is 21.3 Å². The van der Waals surface area contributed by atoms with E-state index in [4.69, 9.17) is 4.42 Å². The maximum Gasteiger partial charge on any atom is 0.286 e. The fourth-order valence-electron chi connectivity index (χ4n) is 4.09. The van der Waals surface area contributed by atoms with E-state index in [-0.39, 0.29) is 28.7 Å². The first kappa shape index (κ1) is 23.5. The van der Waals surface area contributed by atoms with E-state index in [1.165, 1.54) is 49.6 Å². The predicted octanol–water partition coefficient (Wildman–Crippen LogP) is 3.92. The standard InChI is InChI=1S/C23H31FN2O4S/c1-2-19-9-5-6-14-26(19)15-7-13-25-23(27)22-12-11-20(30-22)17-31(28,29)16-18-8-3-4-10-21(18)24/h3-4,8,10-12,19H,2,5-7,9,13-17H2,1H3,(H,25,27)/t19-/m0/s1. The lowest BCUT2D eigenvalue weighted by Gasteiger charge is -2.35. The number of sulfone groups is 1. The molecule has 0 aliphatic carbocycles. The summed E-state index contributed by atoms with van der Waals surface area (Å²) in [5.74, 6) is -1.47. The van der Waals surface area contributed by atoms with Crippen LogP contribution in [0.3, 0.4) is 0 Å². The van der Waals surface area contributed by atoms with Crippen molar-refractivity contribution in [2.45, 2.75) is 56.6 Å². The molecular weight excluding hydrogens is 419 g/mol. The predicted molar refractivity (Wildman–Crippen MR) is 118 cm³/mol. The van der Waals surface area contributed by atoms with E-state index in [0.717, 1.165) is 25.9 Å². The molecule has 2 aromatic rings. The number of piperidine rings is 1. The van der Waals surface area contributed by atoms with Gasteiger partial charge in [-0.1, -0.05) is 31.5 Å². The van der Waals surface area contributed by atoms with Crippen molar-refractivity contribution in [3.8, 4) is 0 Å². The molecule has 1 aromatic carbocycles. The van der Waals surface area contributed by atoms with Crippen molar-refractivity contribution < 1.29 is 22.0 Å². The Labute approximate surface area is 183 Å². The van der Waals surface area contributed by atoms with E-state index in [0.29, 0.717) is 12.6 Å². The van der Waals surface area contributed by atoms with Crippen LogP contribution >= 0.6 is 0 Å². The Balaban J connectivity index is 1.46. The van der Waals surface area contributed by atoms with Gasteiger partial charge >= 0.3 is 0 Å². The third-order valence-electron chi connectivity index (χ3n) is 5.71. The molecule has 0 radical (unpaired) electrons. The van der Waals surface area contributed by atoms with E-state index >= 15 is 0 Å². The molecule has 2 heterocycles. The molecule has 1 N–H and O–H groups in total. The Hall–Kier alpha value is -2.19. The van der Waals surface area contributed by atoms with Crippen molar-refractivity contribution in [3.63, 3.8) is 0 Å². The monoisotopic (exact) mass is 450 g/mol. The molecule has 1 atom stereocenters. The molecule has 0 spiro atoms. The van der Waals surface area contributed by atoms with Crippen LogP contribution < -0.4 is 5.32 Å². The number of hydrogen-bond donors (Lipinski definition) is 1. The lowest BCUT2D eigenvalue weighted by molar-refractivity contribution is 0.0918. The van der Waals surface area contributed by atoms with Gasteiger partial charge in [0.05, 0.1) is 5.75 Å². The molecule has 8 heteroatoms. The van der Waals surface area contributed by atoms with Crippen molar-refractivity contribution >= 4 is 15.7 Å². The minimum Gasteiger partial charge on any atom is -0.455 e. The number of halogens is 1. The van der Waals surface area contributed by atoms with Gasteiger partial charge in [0.25, 0.3) is 5.91 Å².